The van der Waals surface area contributed by atoms with E-state index < -0.39 is 11.6 Å². The zero-order chi connectivity index (χ0) is 32.6. The molecule has 47 heavy (non-hydrogen) atoms. The Hall–Kier alpha value is -2.73. The van der Waals surface area contributed by atoms with E-state index >= 15 is 4.39 Å². The van der Waals surface area contributed by atoms with Gasteiger partial charge in [-0.1, -0.05) is 35.5 Å². The lowest BCUT2D eigenvalue weighted by molar-refractivity contribution is 0.0320. The number of thioether (sulfide) groups is 1. The Morgan fingerprint density at radius 3 is 2.40 bits per heavy atom. The predicted molar refractivity (Wildman–Crippen MR) is 183 cm³/mol. The summed E-state index contributed by atoms with van der Waals surface area (Å²) in [7, 11) is 3.95. The number of fused-ring (bicyclic) bond motifs is 1. The van der Waals surface area contributed by atoms with E-state index in [0.717, 1.165) is 54.0 Å². The summed E-state index contributed by atoms with van der Waals surface area (Å²) in [4.78, 5) is 7.00. The average Bonchev–Trinajstić information content (AvgIpc) is 3.41. The number of rotatable bonds is 15. The van der Waals surface area contributed by atoms with Crippen molar-refractivity contribution in [3.05, 3.63) is 105 Å². The fraction of sp³-hybridized carbons (Fsp3) is 0.400. The van der Waals surface area contributed by atoms with Gasteiger partial charge in [-0.05, 0) is 93.9 Å². The summed E-state index contributed by atoms with van der Waals surface area (Å²) < 4.78 is 63.1. The van der Waals surface area contributed by atoms with Crippen LogP contribution in [0.5, 0.6) is 5.75 Å². The number of hydrogen-bond acceptors (Lipinski definition) is 6. The van der Waals surface area contributed by atoms with Gasteiger partial charge >= 0.3 is 0 Å². The summed E-state index contributed by atoms with van der Waals surface area (Å²) >= 11 is 7.57. The highest BCUT2D eigenvalue weighted by Gasteiger charge is 2.30. The summed E-state index contributed by atoms with van der Waals surface area (Å²) in [6.45, 7) is 4.63. The molecular weight excluding hydrogens is 670 g/mol. The molecule has 1 aliphatic carbocycles. The SMILES string of the molecule is Cc1cc(C2CCCc3nc(SCc4c(F)ccc(OCCOCCOCCN(C)C)c4F)n(-c4ccc(F)cc4)c32)ccc1Cl.Cl. The Labute approximate surface area is 290 Å². The van der Waals surface area contributed by atoms with Crippen LogP contribution in [-0.4, -0.2) is 68.1 Å². The van der Waals surface area contributed by atoms with Gasteiger partial charge in [0.25, 0.3) is 0 Å². The molecule has 1 aliphatic rings. The van der Waals surface area contributed by atoms with Crippen molar-refractivity contribution in [3.8, 4) is 11.4 Å². The average molecular weight is 711 g/mol. The maximum absolute atomic E-state index is 15.5. The minimum absolute atomic E-state index is 0. The number of imidazole rings is 1. The Morgan fingerprint density at radius 2 is 1.68 bits per heavy atom. The molecule has 0 radical (unpaired) electrons. The van der Waals surface area contributed by atoms with E-state index in [0.29, 0.717) is 30.0 Å². The van der Waals surface area contributed by atoms with Crippen molar-refractivity contribution in [1.82, 2.24) is 14.5 Å². The molecule has 3 aromatic carbocycles. The quantitative estimate of drug-likeness (QED) is 0.0913. The van der Waals surface area contributed by atoms with Crippen LogP contribution in [0.25, 0.3) is 5.69 Å². The van der Waals surface area contributed by atoms with Gasteiger partial charge in [0.05, 0.1) is 37.8 Å². The summed E-state index contributed by atoms with van der Waals surface area (Å²) in [5.41, 5.74) is 4.66. The van der Waals surface area contributed by atoms with Crippen LogP contribution in [0.4, 0.5) is 13.2 Å². The zero-order valence-corrected chi connectivity index (χ0v) is 29.1. The summed E-state index contributed by atoms with van der Waals surface area (Å²) in [6.07, 6.45) is 2.62. The molecule has 1 atom stereocenters. The molecule has 0 amide bonds. The number of benzene rings is 3. The molecule has 0 aliphatic heterocycles. The fourth-order valence-electron chi connectivity index (χ4n) is 5.49. The highest BCUT2D eigenvalue weighted by molar-refractivity contribution is 7.98. The second-order valence-electron chi connectivity index (χ2n) is 11.5. The van der Waals surface area contributed by atoms with Gasteiger partial charge in [0, 0.05) is 34.5 Å². The van der Waals surface area contributed by atoms with Crippen LogP contribution < -0.4 is 4.74 Å². The lowest BCUT2D eigenvalue weighted by Crippen LogP contribution is -2.19. The number of ether oxygens (including phenoxy) is 3. The molecule has 6 nitrogen and oxygen atoms in total. The van der Waals surface area contributed by atoms with E-state index in [1.54, 1.807) is 12.1 Å². The van der Waals surface area contributed by atoms with Gasteiger partial charge in [0.2, 0.25) is 0 Å². The Balaban J connectivity index is 0.00000500. The van der Waals surface area contributed by atoms with Crippen LogP contribution in [0.1, 0.15) is 46.8 Å². The van der Waals surface area contributed by atoms with Crippen LogP contribution in [0.3, 0.4) is 0 Å². The first-order valence-electron chi connectivity index (χ1n) is 15.4. The highest BCUT2D eigenvalue weighted by Crippen LogP contribution is 2.42. The normalized spacial score (nSPS) is 14.3. The van der Waals surface area contributed by atoms with E-state index in [9.17, 15) is 8.78 Å². The number of aromatic nitrogens is 2. The number of halogens is 5. The maximum atomic E-state index is 15.5. The van der Waals surface area contributed by atoms with Crippen LogP contribution >= 0.6 is 35.8 Å². The van der Waals surface area contributed by atoms with Crippen LogP contribution in [0.15, 0.2) is 59.8 Å². The predicted octanol–water partition coefficient (Wildman–Crippen LogP) is 8.41. The highest BCUT2D eigenvalue weighted by atomic mass is 35.5. The van der Waals surface area contributed by atoms with Crippen molar-refractivity contribution in [2.45, 2.75) is 43.0 Å². The van der Waals surface area contributed by atoms with Crippen molar-refractivity contribution in [1.29, 1.82) is 0 Å². The van der Waals surface area contributed by atoms with Crippen molar-refractivity contribution in [2.75, 3.05) is 53.7 Å². The minimum atomic E-state index is -0.751. The lowest BCUT2D eigenvalue weighted by atomic mass is 9.83. The van der Waals surface area contributed by atoms with Gasteiger partial charge in [-0.2, -0.15) is 0 Å². The smallest absolute Gasteiger partial charge is 0.173 e. The first kappa shape index (κ1) is 37.1. The molecule has 0 spiro atoms. The van der Waals surface area contributed by atoms with E-state index in [1.807, 2.05) is 42.6 Å². The Kier molecular flexibility index (Phi) is 13.9. The summed E-state index contributed by atoms with van der Waals surface area (Å²) in [5, 5.41) is 1.28. The third kappa shape index (κ3) is 9.46. The number of nitrogens with zero attached hydrogens (tertiary/aromatic N) is 3. The molecule has 254 valence electrons. The molecular formula is C35H40Cl2F3N3O3S. The van der Waals surface area contributed by atoms with Crippen molar-refractivity contribution in [3.63, 3.8) is 0 Å². The van der Waals surface area contributed by atoms with Crippen LogP contribution in [-0.2, 0) is 21.6 Å². The molecule has 4 aromatic rings. The molecule has 0 N–H and O–H groups in total. The van der Waals surface area contributed by atoms with E-state index in [-0.39, 0.29) is 54.4 Å². The lowest BCUT2D eigenvalue weighted by Gasteiger charge is -2.25. The first-order valence-corrected chi connectivity index (χ1v) is 16.8. The van der Waals surface area contributed by atoms with Crippen LogP contribution in [0, 0.1) is 24.4 Å². The molecule has 0 bridgehead atoms. The second-order valence-corrected chi connectivity index (χ2v) is 12.8. The van der Waals surface area contributed by atoms with Crippen molar-refractivity contribution >= 4 is 35.8 Å². The van der Waals surface area contributed by atoms with Gasteiger partial charge in [-0.15, -0.1) is 12.4 Å². The van der Waals surface area contributed by atoms with Crippen molar-refractivity contribution in [2.24, 2.45) is 0 Å². The maximum Gasteiger partial charge on any atom is 0.173 e. The molecule has 1 aromatic heterocycles. The topological polar surface area (TPSA) is 48.8 Å². The molecule has 12 heteroatoms. The Bertz CT molecular complexity index is 1620. The molecule has 0 saturated heterocycles. The zero-order valence-electron chi connectivity index (χ0n) is 26.7. The van der Waals surface area contributed by atoms with Crippen LogP contribution in [0.2, 0.25) is 5.02 Å². The number of hydrogen-bond donors (Lipinski definition) is 0. The molecule has 5 rings (SSSR count). The summed E-state index contributed by atoms with van der Waals surface area (Å²) in [5.74, 6) is -1.79. The third-order valence-corrected chi connectivity index (χ3v) is 9.29. The monoisotopic (exact) mass is 709 g/mol. The van der Waals surface area contributed by atoms with E-state index in [2.05, 4.69) is 6.07 Å². The number of likely N-dealkylation sites (N-methyl/N-ethyl adjacent to an activating group) is 1. The molecule has 1 heterocycles. The summed E-state index contributed by atoms with van der Waals surface area (Å²) in [6, 6.07) is 14.8. The minimum Gasteiger partial charge on any atom is -0.488 e. The Morgan fingerprint density at radius 1 is 0.957 bits per heavy atom. The molecule has 1 unspecified atom stereocenters. The number of aryl methyl sites for hydroxylation is 2. The van der Waals surface area contributed by atoms with Gasteiger partial charge in [-0.3, -0.25) is 4.57 Å². The van der Waals surface area contributed by atoms with Gasteiger partial charge in [-0.25, -0.2) is 18.2 Å². The molecule has 0 fully saturated rings. The van der Waals surface area contributed by atoms with E-state index in [4.69, 9.17) is 30.8 Å². The van der Waals surface area contributed by atoms with Gasteiger partial charge < -0.3 is 19.1 Å². The van der Waals surface area contributed by atoms with Gasteiger partial charge in [0.1, 0.15) is 18.2 Å². The van der Waals surface area contributed by atoms with Crippen molar-refractivity contribution < 1.29 is 27.4 Å². The van der Waals surface area contributed by atoms with Gasteiger partial charge in [0.15, 0.2) is 16.7 Å². The second kappa shape index (κ2) is 17.6. The standard InChI is InChI=1S/C35H39ClF3N3O3S.ClH/c1-23-21-24(7-12-29(23)36)27-5-4-6-31-34(27)42(26-10-8-25(37)9-11-26)35(40-31)46-22-28-30(38)13-14-32(33(28)39)45-20-19-44-18-17-43-16-15-41(2)3;/h7-14,21,27H,4-6,15-20,22H2,1-3H3;1H. The largest absolute Gasteiger partial charge is 0.488 e. The first-order chi connectivity index (χ1) is 22.2. The van der Waals surface area contributed by atoms with E-state index in [1.165, 1.54) is 36.0 Å². The molecule has 0 saturated carbocycles. The fourth-order valence-corrected chi connectivity index (χ4v) is 6.65. The third-order valence-electron chi connectivity index (χ3n) is 7.90.